The maximum Gasteiger partial charge on any atom is 0.368 e. The lowest BCUT2D eigenvalue weighted by Crippen LogP contribution is -2.43. The number of tetrazole rings is 1. The zero-order chi connectivity index (χ0) is 22.5. The number of hydrogen-bond acceptors (Lipinski definition) is 7. The third-order valence-corrected chi connectivity index (χ3v) is 5.01. The first-order chi connectivity index (χ1) is 15.6. The van der Waals surface area contributed by atoms with Crippen LogP contribution in [0.3, 0.4) is 0 Å². The fourth-order valence-corrected chi connectivity index (χ4v) is 3.29. The zero-order valence-electron chi connectivity index (χ0n) is 17.4. The molecule has 0 aliphatic carbocycles. The van der Waals surface area contributed by atoms with Crippen LogP contribution in [-0.4, -0.2) is 69.9 Å². The van der Waals surface area contributed by atoms with Crippen molar-refractivity contribution >= 4 is 17.5 Å². The first kappa shape index (κ1) is 21.2. The number of para-hydroxylation sites is 1. The van der Waals surface area contributed by atoms with Crippen molar-refractivity contribution in [2.24, 2.45) is 0 Å². The van der Waals surface area contributed by atoms with Crippen LogP contribution in [0.2, 0.25) is 0 Å². The highest BCUT2D eigenvalue weighted by molar-refractivity contribution is 6.06. The SMILES string of the molecule is COc1ccccc1C(=O)Nc1ccc(-n2nnn(CC(=O)N3CCOCC3)c2=O)cc1. The predicted molar refractivity (Wildman–Crippen MR) is 114 cm³/mol. The Morgan fingerprint density at radius 3 is 2.50 bits per heavy atom. The lowest BCUT2D eigenvalue weighted by Gasteiger charge is -2.26. The Kier molecular flexibility index (Phi) is 6.26. The van der Waals surface area contributed by atoms with Crippen LogP contribution in [0.1, 0.15) is 10.4 Å². The fourth-order valence-electron chi connectivity index (χ4n) is 3.29. The van der Waals surface area contributed by atoms with Gasteiger partial charge >= 0.3 is 5.69 Å². The van der Waals surface area contributed by atoms with Gasteiger partial charge in [0.25, 0.3) is 5.91 Å². The average molecular weight is 438 g/mol. The highest BCUT2D eigenvalue weighted by atomic mass is 16.5. The number of methoxy groups -OCH3 is 1. The number of ether oxygens (including phenoxy) is 2. The number of aromatic nitrogens is 4. The van der Waals surface area contributed by atoms with E-state index in [1.165, 1.54) is 7.11 Å². The molecule has 11 heteroatoms. The van der Waals surface area contributed by atoms with Gasteiger partial charge in [0.05, 0.1) is 31.6 Å². The lowest BCUT2D eigenvalue weighted by molar-refractivity contribution is -0.136. The maximum atomic E-state index is 12.6. The van der Waals surface area contributed by atoms with E-state index in [9.17, 15) is 14.4 Å². The minimum atomic E-state index is -0.530. The Hall–Kier alpha value is -3.99. The van der Waals surface area contributed by atoms with E-state index in [1.54, 1.807) is 53.4 Å². The van der Waals surface area contributed by atoms with Gasteiger partial charge in [0, 0.05) is 18.8 Å². The second kappa shape index (κ2) is 9.43. The summed E-state index contributed by atoms with van der Waals surface area (Å²) in [6, 6.07) is 13.4. The number of carbonyl (C=O) groups is 2. The predicted octanol–water partition coefficient (Wildman–Crippen LogP) is 0.549. The molecule has 3 aromatic rings. The van der Waals surface area contributed by atoms with E-state index in [4.69, 9.17) is 9.47 Å². The molecule has 2 heterocycles. The zero-order valence-corrected chi connectivity index (χ0v) is 17.4. The van der Waals surface area contributed by atoms with Gasteiger partial charge in [-0.25, -0.2) is 4.79 Å². The van der Waals surface area contributed by atoms with Gasteiger partial charge < -0.3 is 19.7 Å². The van der Waals surface area contributed by atoms with E-state index in [0.29, 0.717) is 49.0 Å². The molecule has 0 spiro atoms. The average Bonchev–Trinajstić information content (AvgIpc) is 3.19. The van der Waals surface area contributed by atoms with Gasteiger partial charge in [0.2, 0.25) is 5.91 Å². The molecule has 1 fully saturated rings. The van der Waals surface area contributed by atoms with Crippen LogP contribution in [-0.2, 0) is 16.1 Å². The molecular formula is C21H22N6O5. The summed E-state index contributed by atoms with van der Waals surface area (Å²) in [4.78, 5) is 39.1. The molecule has 0 unspecified atom stereocenters. The summed E-state index contributed by atoms with van der Waals surface area (Å²) < 4.78 is 12.6. The molecule has 1 N–H and O–H groups in total. The normalized spacial score (nSPS) is 13.6. The molecule has 166 valence electrons. The van der Waals surface area contributed by atoms with Gasteiger partial charge in [0.15, 0.2) is 0 Å². The summed E-state index contributed by atoms with van der Waals surface area (Å²) in [5.74, 6) is -0.0619. The van der Waals surface area contributed by atoms with Crippen LogP contribution >= 0.6 is 0 Å². The number of rotatable bonds is 6. The van der Waals surface area contributed by atoms with Crippen molar-refractivity contribution in [2.75, 3.05) is 38.7 Å². The summed E-state index contributed by atoms with van der Waals surface area (Å²) >= 11 is 0. The third-order valence-electron chi connectivity index (χ3n) is 5.01. The monoisotopic (exact) mass is 438 g/mol. The number of nitrogens with zero attached hydrogens (tertiary/aromatic N) is 5. The molecule has 0 bridgehead atoms. The molecular weight excluding hydrogens is 416 g/mol. The Bertz CT molecular complexity index is 1160. The summed E-state index contributed by atoms with van der Waals surface area (Å²) in [6.07, 6.45) is 0. The van der Waals surface area contributed by atoms with Gasteiger partial charge in [-0.3, -0.25) is 9.59 Å². The minimum absolute atomic E-state index is 0.189. The van der Waals surface area contributed by atoms with Crippen molar-refractivity contribution in [3.8, 4) is 11.4 Å². The molecule has 0 atom stereocenters. The molecule has 0 saturated carbocycles. The van der Waals surface area contributed by atoms with Gasteiger partial charge in [0.1, 0.15) is 12.3 Å². The second-order valence-corrected chi connectivity index (χ2v) is 7.03. The maximum absolute atomic E-state index is 12.6. The summed E-state index contributed by atoms with van der Waals surface area (Å²) in [5.41, 5.74) is 0.864. The molecule has 1 aliphatic rings. The van der Waals surface area contributed by atoms with Crippen molar-refractivity contribution < 1.29 is 19.1 Å². The summed E-state index contributed by atoms with van der Waals surface area (Å²) in [6.45, 7) is 1.75. The highest BCUT2D eigenvalue weighted by Gasteiger charge is 2.20. The van der Waals surface area contributed by atoms with Crippen molar-refractivity contribution in [1.29, 1.82) is 0 Å². The van der Waals surface area contributed by atoms with E-state index in [-0.39, 0.29) is 18.4 Å². The quantitative estimate of drug-likeness (QED) is 0.597. The van der Waals surface area contributed by atoms with Gasteiger partial charge in [-0.1, -0.05) is 12.1 Å². The van der Waals surface area contributed by atoms with Crippen molar-refractivity contribution in [3.63, 3.8) is 0 Å². The van der Waals surface area contributed by atoms with Crippen molar-refractivity contribution in [2.45, 2.75) is 6.54 Å². The summed E-state index contributed by atoms with van der Waals surface area (Å²) in [7, 11) is 1.50. The Morgan fingerprint density at radius 1 is 1.06 bits per heavy atom. The van der Waals surface area contributed by atoms with E-state index in [0.717, 1.165) is 9.36 Å². The lowest BCUT2D eigenvalue weighted by atomic mass is 10.2. The fraction of sp³-hybridized carbons (Fsp3) is 0.286. The van der Waals surface area contributed by atoms with Gasteiger partial charge in [-0.15, -0.1) is 0 Å². The molecule has 2 amide bonds. The van der Waals surface area contributed by atoms with Crippen LogP contribution in [0, 0.1) is 0 Å². The Morgan fingerprint density at radius 2 is 1.78 bits per heavy atom. The minimum Gasteiger partial charge on any atom is -0.496 e. The first-order valence-electron chi connectivity index (χ1n) is 10.00. The third kappa shape index (κ3) is 4.52. The van der Waals surface area contributed by atoms with E-state index < -0.39 is 5.69 Å². The molecule has 32 heavy (non-hydrogen) atoms. The number of amides is 2. The first-order valence-corrected chi connectivity index (χ1v) is 10.00. The number of hydrogen-bond donors (Lipinski definition) is 1. The Balaban J connectivity index is 1.44. The van der Waals surface area contributed by atoms with Gasteiger partial charge in [-0.05, 0) is 46.8 Å². The number of benzene rings is 2. The number of nitrogens with one attached hydrogen (secondary N) is 1. The van der Waals surface area contributed by atoms with Gasteiger partial charge in [-0.2, -0.15) is 9.36 Å². The molecule has 2 aromatic carbocycles. The van der Waals surface area contributed by atoms with Crippen LogP contribution < -0.4 is 15.7 Å². The molecule has 11 nitrogen and oxygen atoms in total. The smallest absolute Gasteiger partial charge is 0.368 e. The number of morpholine rings is 1. The van der Waals surface area contributed by atoms with Crippen molar-refractivity contribution in [3.05, 3.63) is 64.6 Å². The highest BCUT2D eigenvalue weighted by Crippen LogP contribution is 2.19. The molecule has 0 radical (unpaired) electrons. The Labute approximate surface area is 183 Å². The van der Waals surface area contributed by atoms with E-state index in [1.807, 2.05) is 0 Å². The molecule has 1 saturated heterocycles. The topological polar surface area (TPSA) is 121 Å². The molecule has 1 aromatic heterocycles. The number of carbonyl (C=O) groups excluding carboxylic acids is 2. The van der Waals surface area contributed by atoms with E-state index >= 15 is 0 Å². The molecule has 1 aliphatic heterocycles. The van der Waals surface area contributed by atoms with Crippen molar-refractivity contribution in [1.82, 2.24) is 24.7 Å². The van der Waals surface area contributed by atoms with Crippen LogP contribution in [0.15, 0.2) is 53.3 Å². The van der Waals surface area contributed by atoms with Crippen LogP contribution in [0.5, 0.6) is 5.75 Å². The largest absolute Gasteiger partial charge is 0.496 e. The van der Waals surface area contributed by atoms with Crippen LogP contribution in [0.4, 0.5) is 5.69 Å². The van der Waals surface area contributed by atoms with Crippen LogP contribution in [0.25, 0.3) is 5.69 Å². The van der Waals surface area contributed by atoms with E-state index in [2.05, 4.69) is 15.7 Å². The second-order valence-electron chi connectivity index (χ2n) is 7.03. The summed E-state index contributed by atoms with van der Waals surface area (Å²) in [5, 5.41) is 10.5. The number of anilines is 1. The standard InChI is InChI=1S/C21H22N6O5/c1-31-18-5-3-2-4-17(18)20(29)22-15-6-8-16(9-7-15)27-21(30)26(23-24-27)14-19(28)25-10-12-32-13-11-25/h2-9H,10-14H2,1H3,(H,22,29). The molecule has 4 rings (SSSR count).